The zero-order chi connectivity index (χ0) is 28.2. The monoisotopic (exact) mass is 588 g/mol. The van der Waals surface area contributed by atoms with Gasteiger partial charge in [-0.1, -0.05) is 66.2 Å². The van der Waals surface area contributed by atoms with Gasteiger partial charge in [0.05, 0.1) is 16.5 Å². The van der Waals surface area contributed by atoms with E-state index in [0.717, 1.165) is 11.3 Å². The highest BCUT2D eigenvalue weighted by Crippen LogP contribution is 2.35. The molecule has 7 nitrogen and oxygen atoms in total. The molecular weight excluding hydrogens is 563 g/mol. The van der Waals surface area contributed by atoms with Crippen LogP contribution in [0.25, 0.3) is 0 Å². The molecular formula is C28H26ClFN2O5S2. The van der Waals surface area contributed by atoms with Crippen LogP contribution in [0.4, 0.5) is 9.52 Å². The molecule has 3 aromatic carbocycles. The van der Waals surface area contributed by atoms with Crippen LogP contribution in [0.2, 0.25) is 5.02 Å². The van der Waals surface area contributed by atoms with Gasteiger partial charge in [-0.3, -0.25) is 4.72 Å². The molecule has 0 radical (unpaired) electrons. The maximum atomic E-state index is 15.0. The molecule has 1 N–H and O–H groups in total. The number of halogens is 2. The number of hydrogen-bond donors (Lipinski definition) is 1. The first kappa shape index (κ1) is 28.7. The molecule has 1 heterocycles. The number of aromatic nitrogens is 1. The molecule has 39 heavy (non-hydrogen) atoms. The predicted molar refractivity (Wildman–Crippen MR) is 149 cm³/mol. The van der Waals surface area contributed by atoms with Crippen LogP contribution in [-0.4, -0.2) is 32.6 Å². The summed E-state index contributed by atoms with van der Waals surface area (Å²) < 4.78 is 54.7. The predicted octanol–water partition coefficient (Wildman–Crippen LogP) is 6.50. The van der Waals surface area contributed by atoms with Crippen LogP contribution in [0.15, 0.2) is 83.1 Å². The van der Waals surface area contributed by atoms with Gasteiger partial charge in [0.25, 0.3) is 10.0 Å². The molecule has 1 aromatic heterocycles. The number of sulfonamides is 1. The van der Waals surface area contributed by atoms with E-state index in [1.807, 2.05) is 6.07 Å². The highest BCUT2D eigenvalue weighted by molar-refractivity contribution is 7.93. The molecule has 0 amide bonds. The van der Waals surface area contributed by atoms with Crippen LogP contribution in [0.3, 0.4) is 0 Å². The minimum Gasteiger partial charge on any atom is -0.459 e. The van der Waals surface area contributed by atoms with Gasteiger partial charge in [-0.05, 0) is 43.2 Å². The SMILES string of the molecule is COC(C(=O)O[C@H](C)[C@@H](c1csc(NS(=O)(=O)c2cccc(Cl)c2C)n1)c1ccccc1F)c1ccccc1. The Labute approximate surface area is 235 Å². The van der Waals surface area contributed by atoms with Gasteiger partial charge in [0.1, 0.15) is 11.9 Å². The van der Waals surface area contributed by atoms with Gasteiger partial charge in [-0.25, -0.2) is 22.6 Å². The summed E-state index contributed by atoms with van der Waals surface area (Å²) in [5.74, 6) is -1.99. The molecule has 204 valence electrons. The Bertz CT molecular complexity index is 1560. The van der Waals surface area contributed by atoms with Crippen molar-refractivity contribution in [1.82, 2.24) is 4.98 Å². The van der Waals surface area contributed by atoms with Gasteiger partial charge in [0, 0.05) is 23.1 Å². The fourth-order valence-electron chi connectivity index (χ4n) is 4.21. The van der Waals surface area contributed by atoms with Crippen molar-refractivity contribution in [2.24, 2.45) is 0 Å². The number of carbonyl (C=O) groups excluding carboxylic acids is 1. The van der Waals surface area contributed by atoms with Crippen molar-refractivity contribution >= 4 is 44.1 Å². The standard InChI is InChI=1S/C28H26ClFN2O5S2/c1-17-21(29)13-9-15-24(17)39(34,35)32-28-31-23(16-38-28)25(20-12-7-8-14-22(20)30)18(2)37-27(33)26(36-3)19-10-5-4-6-11-19/h4-16,18,25-26H,1-3H3,(H,31,32)/t18-,25-,26?/m1/s1. The van der Waals surface area contributed by atoms with Crippen molar-refractivity contribution in [3.05, 3.63) is 111 Å². The number of ether oxygens (including phenoxy) is 2. The first-order chi connectivity index (χ1) is 18.6. The van der Waals surface area contributed by atoms with Crippen molar-refractivity contribution < 1.29 is 27.1 Å². The molecule has 3 atom stereocenters. The second kappa shape index (κ2) is 12.3. The molecule has 0 saturated carbocycles. The summed E-state index contributed by atoms with van der Waals surface area (Å²) in [4.78, 5) is 17.6. The Morgan fingerprint density at radius 3 is 2.44 bits per heavy atom. The van der Waals surface area contributed by atoms with Gasteiger partial charge in [-0.15, -0.1) is 11.3 Å². The van der Waals surface area contributed by atoms with E-state index < -0.39 is 39.9 Å². The zero-order valence-electron chi connectivity index (χ0n) is 21.3. The Morgan fingerprint density at radius 2 is 1.74 bits per heavy atom. The van der Waals surface area contributed by atoms with Crippen LogP contribution >= 0.6 is 22.9 Å². The van der Waals surface area contributed by atoms with Gasteiger partial charge in [0.15, 0.2) is 11.2 Å². The van der Waals surface area contributed by atoms with Crippen LogP contribution in [-0.2, 0) is 24.3 Å². The Balaban J connectivity index is 1.64. The fraction of sp³-hybridized carbons (Fsp3) is 0.214. The zero-order valence-corrected chi connectivity index (χ0v) is 23.7. The number of esters is 1. The molecule has 0 spiro atoms. The molecule has 0 saturated heterocycles. The molecule has 1 unspecified atom stereocenters. The Morgan fingerprint density at radius 1 is 1.05 bits per heavy atom. The largest absolute Gasteiger partial charge is 0.459 e. The van der Waals surface area contributed by atoms with Gasteiger partial charge in [0.2, 0.25) is 0 Å². The summed E-state index contributed by atoms with van der Waals surface area (Å²) in [5.41, 5.74) is 1.59. The van der Waals surface area contributed by atoms with Crippen LogP contribution in [0.5, 0.6) is 0 Å². The molecule has 0 aliphatic rings. The number of nitrogens with zero attached hydrogens (tertiary/aromatic N) is 1. The summed E-state index contributed by atoms with van der Waals surface area (Å²) >= 11 is 7.14. The number of methoxy groups -OCH3 is 1. The smallest absolute Gasteiger partial charge is 0.340 e. The van der Waals surface area contributed by atoms with E-state index in [0.29, 0.717) is 21.8 Å². The normalized spacial score (nSPS) is 13.9. The second-order valence-electron chi connectivity index (χ2n) is 8.71. The summed E-state index contributed by atoms with van der Waals surface area (Å²) in [6.07, 6.45) is -1.86. The lowest BCUT2D eigenvalue weighted by Crippen LogP contribution is -2.28. The highest BCUT2D eigenvalue weighted by atomic mass is 35.5. The van der Waals surface area contributed by atoms with Crippen LogP contribution < -0.4 is 4.72 Å². The van der Waals surface area contributed by atoms with E-state index >= 15 is 0 Å². The summed E-state index contributed by atoms with van der Waals surface area (Å²) in [7, 11) is -2.60. The van der Waals surface area contributed by atoms with E-state index in [1.54, 1.807) is 73.8 Å². The number of thiazole rings is 1. The minimum absolute atomic E-state index is 0.0196. The number of rotatable bonds is 10. The molecule has 4 aromatic rings. The third kappa shape index (κ3) is 6.47. The maximum Gasteiger partial charge on any atom is 0.340 e. The number of nitrogens with one attached hydrogen (secondary N) is 1. The number of carbonyl (C=O) groups is 1. The number of anilines is 1. The van der Waals surface area contributed by atoms with Crippen molar-refractivity contribution in [2.75, 3.05) is 11.8 Å². The second-order valence-corrected chi connectivity index (χ2v) is 11.6. The number of benzene rings is 3. The third-order valence-corrected chi connectivity index (χ3v) is 8.93. The Hall–Kier alpha value is -3.31. The quantitative estimate of drug-likeness (QED) is 0.213. The molecule has 0 fully saturated rings. The van der Waals surface area contributed by atoms with Gasteiger partial charge in [-0.2, -0.15) is 0 Å². The van der Waals surface area contributed by atoms with E-state index in [2.05, 4.69) is 9.71 Å². The average molecular weight is 589 g/mol. The fourth-order valence-corrected chi connectivity index (χ4v) is 6.71. The molecule has 0 aliphatic carbocycles. The first-order valence-electron chi connectivity index (χ1n) is 11.9. The third-order valence-electron chi connectivity index (χ3n) is 6.13. The lowest BCUT2D eigenvalue weighted by atomic mass is 9.91. The average Bonchev–Trinajstić information content (AvgIpc) is 3.35. The van der Waals surface area contributed by atoms with Crippen molar-refractivity contribution in [2.45, 2.75) is 36.9 Å². The first-order valence-corrected chi connectivity index (χ1v) is 14.6. The lowest BCUT2D eigenvalue weighted by Gasteiger charge is -2.25. The molecule has 11 heteroatoms. The van der Waals surface area contributed by atoms with Gasteiger partial charge >= 0.3 is 5.97 Å². The molecule has 4 rings (SSSR count). The van der Waals surface area contributed by atoms with Crippen molar-refractivity contribution in [3.8, 4) is 0 Å². The van der Waals surface area contributed by atoms with Crippen molar-refractivity contribution in [1.29, 1.82) is 0 Å². The van der Waals surface area contributed by atoms with E-state index in [4.69, 9.17) is 21.1 Å². The van der Waals surface area contributed by atoms with Crippen LogP contribution in [0, 0.1) is 12.7 Å². The van der Waals surface area contributed by atoms with E-state index in [1.165, 1.54) is 19.2 Å². The summed E-state index contributed by atoms with van der Waals surface area (Å²) in [6.45, 7) is 3.24. The highest BCUT2D eigenvalue weighted by Gasteiger charge is 2.32. The minimum atomic E-state index is -4.00. The van der Waals surface area contributed by atoms with E-state index in [-0.39, 0.29) is 15.6 Å². The lowest BCUT2D eigenvalue weighted by molar-refractivity contribution is -0.161. The maximum absolute atomic E-state index is 15.0. The number of hydrogen-bond acceptors (Lipinski definition) is 7. The van der Waals surface area contributed by atoms with Crippen molar-refractivity contribution in [3.63, 3.8) is 0 Å². The van der Waals surface area contributed by atoms with E-state index in [9.17, 15) is 17.6 Å². The van der Waals surface area contributed by atoms with Crippen LogP contribution in [0.1, 0.15) is 41.3 Å². The Kier molecular flexibility index (Phi) is 9.01. The van der Waals surface area contributed by atoms with Gasteiger partial charge < -0.3 is 9.47 Å². The summed E-state index contributed by atoms with van der Waals surface area (Å²) in [5, 5.41) is 2.00. The summed E-state index contributed by atoms with van der Waals surface area (Å²) in [6, 6.07) is 19.6. The molecule has 0 aliphatic heterocycles. The topological polar surface area (TPSA) is 94.6 Å². The molecule has 0 bridgehead atoms.